The van der Waals surface area contributed by atoms with E-state index in [0.29, 0.717) is 23.2 Å². The van der Waals surface area contributed by atoms with Gasteiger partial charge in [0, 0.05) is 17.8 Å². The molecule has 1 unspecified atom stereocenters. The maximum atomic E-state index is 14.6. The predicted molar refractivity (Wildman–Crippen MR) is 165 cm³/mol. The third-order valence-corrected chi connectivity index (χ3v) is 10.2. The fourth-order valence-electron chi connectivity index (χ4n) is 8.23. The Labute approximate surface area is 245 Å². The second-order valence-electron chi connectivity index (χ2n) is 11.9. The molecule has 42 heavy (non-hydrogen) atoms. The third kappa shape index (κ3) is 3.64. The van der Waals surface area contributed by atoms with Crippen LogP contribution in [-0.4, -0.2) is 12.3 Å². The van der Waals surface area contributed by atoms with Gasteiger partial charge in [-0.3, -0.25) is 0 Å². The van der Waals surface area contributed by atoms with Crippen LogP contribution in [0.1, 0.15) is 74.3 Å². The third-order valence-electron chi connectivity index (χ3n) is 10.2. The lowest BCUT2D eigenvalue weighted by atomic mass is 9.66. The molecule has 7 rings (SSSR count). The topological polar surface area (TPSA) is 12.5 Å². The summed E-state index contributed by atoms with van der Waals surface area (Å²) in [6.45, 7) is 7.21. The first-order chi connectivity index (χ1) is 20.3. The normalized spacial score (nSPS) is 20.4. The van der Waals surface area contributed by atoms with Gasteiger partial charge in [-0.25, -0.2) is 0 Å². The van der Waals surface area contributed by atoms with Crippen LogP contribution in [0, 0.1) is 0 Å². The Bertz CT molecular complexity index is 1720. The minimum absolute atomic E-state index is 0.193. The fourth-order valence-corrected chi connectivity index (χ4v) is 8.23. The minimum atomic E-state index is -4.52. The van der Waals surface area contributed by atoms with Crippen molar-refractivity contribution in [1.82, 2.24) is 0 Å². The van der Waals surface area contributed by atoms with Gasteiger partial charge in [0.15, 0.2) is 0 Å². The number of nitrogens with zero attached hydrogens (tertiary/aromatic N) is 1. The van der Waals surface area contributed by atoms with Crippen molar-refractivity contribution < 1.29 is 17.9 Å². The van der Waals surface area contributed by atoms with Crippen molar-refractivity contribution >= 4 is 22.5 Å². The van der Waals surface area contributed by atoms with E-state index in [2.05, 4.69) is 43.9 Å². The van der Waals surface area contributed by atoms with Gasteiger partial charge >= 0.3 is 6.18 Å². The van der Waals surface area contributed by atoms with E-state index in [-0.39, 0.29) is 5.39 Å². The molecule has 0 bridgehead atoms. The fraction of sp³-hybridized carbons (Fsp3) is 0.351. The smallest absolute Gasteiger partial charge is 0.417 e. The van der Waals surface area contributed by atoms with Gasteiger partial charge in [0.2, 0.25) is 5.72 Å². The van der Waals surface area contributed by atoms with Crippen LogP contribution >= 0.6 is 0 Å². The average Bonchev–Trinajstić information content (AvgIpc) is 3.24. The largest absolute Gasteiger partial charge is 0.463 e. The van der Waals surface area contributed by atoms with Crippen molar-refractivity contribution in [3.63, 3.8) is 0 Å². The van der Waals surface area contributed by atoms with E-state index in [1.54, 1.807) is 12.1 Å². The monoisotopic (exact) mass is 567 g/mol. The van der Waals surface area contributed by atoms with Crippen molar-refractivity contribution in [2.24, 2.45) is 0 Å². The molecule has 0 aromatic heterocycles. The van der Waals surface area contributed by atoms with Crippen molar-refractivity contribution in [2.75, 3.05) is 11.4 Å². The second-order valence-corrected chi connectivity index (χ2v) is 11.9. The molecule has 1 atom stereocenters. The second kappa shape index (κ2) is 9.65. The molecule has 1 aliphatic carbocycles. The zero-order valence-electron chi connectivity index (χ0n) is 24.4. The molecule has 0 fully saturated rings. The Morgan fingerprint density at radius 2 is 1.60 bits per heavy atom. The van der Waals surface area contributed by atoms with Gasteiger partial charge in [0.1, 0.15) is 5.75 Å². The zero-order valence-corrected chi connectivity index (χ0v) is 24.4. The molecule has 0 amide bonds. The van der Waals surface area contributed by atoms with Crippen LogP contribution in [0.25, 0.3) is 28.0 Å². The molecule has 216 valence electrons. The Morgan fingerprint density at radius 1 is 0.833 bits per heavy atom. The van der Waals surface area contributed by atoms with Gasteiger partial charge in [0.05, 0.1) is 11.0 Å². The standard InChI is InChI=1S/C37H36F3NO/c1-4-35(5-2)34-27-15-11-10-14-25(27)17-19-32(34)41(6-3)36(35)21-20-29-30-22-26(24-12-8-7-9-13-24)16-18-28(30)31(37(38,39)40)23-33(29)42-36/h7-9,12-13,16-23H,4-6,10-11,14-15H2,1-3H3. The summed E-state index contributed by atoms with van der Waals surface area (Å²) < 4.78 is 51.0. The van der Waals surface area contributed by atoms with Crippen LogP contribution in [0.4, 0.5) is 18.9 Å². The molecular formula is C37H36F3NO. The molecule has 2 nitrogen and oxygen atoms in total. The highest BCUT2D eigenvalue weighted by molar-refractivity contribution is 5.99. The Balaban J connectivity index is 1.48. The van der Waals surface area contributed by atoms with E-state index < -0.39 is 22.9 Å². The van der Waals surface area contributed by atoms with Gasteiger partial charge in [-0.2, -0.15) is 13.2 Å². The van der Waals surface area contributed by atoms with Crippen molar-refractivity contribution in [2.45, 2.75) is 76.6 Å². The Hall–Kier alpha value is -3.73. The average molecular weight is 568 g/mol. The first-order valence-corrected chi connectivity index (χ1v) is 15.3. The molecule has 2 aliphatic heterocycles. The van der Waals surface area contributed by atoms with Gasteiger partial charge < -0.3 is 9.64 Å². The van der Waals surface area contributed by atoms with Crippen LogP contribution in [0.15, 0.2) is 72.8 Å². The number of hydrogen-bond acceptors (Lipinski definition) is 2. The molecule has 4 aromatic rings. The van der Waals surface area contributed by atoms with Gasteiger partial charge in [0.25, 0.3) is 0 Å². The SMILES string of the molecule is CCN1c2ccc3c(c2C(CC)(CC)C12C=Cc1c(cc(C(F)(F)F)c4ccc(-c5ccccc5)cc14)O2)CCCC3. The predicted octanol–water partition coefficient (Wildman–Crippen LogP) is 10.1. The highest BCUT2D eigenvalue weighted by Crippen LogP contribution is 2.60. The highest BCUT2D eigenvalue weighted by atomic mass is 19.4. The van der Waals surface area contributed by atoms with E-state index in [0.717, 1.165) is 48.9 Å². The molecule has 1 spiro atoms. The van der Waals surface area contributed by atoms with Gasteiger partial charge in [-0.05, 0) is 114 Å². The van der Waals surface area contributed by atoms with E-state index in [9.17, 15) is 13.2 Å². The molecule has 0 saturated carbocycles. The lowest BCUT2D eigenvalue weighted by molar-refractivity contribution is -0.136. The number of benzene rings is 4. The summed E-state index contributed by atoms with van der Waals surface area (Å²) in [5, 5.41) is 0.750. The van der Waals surface area contributed by atoms with Gasteiger partial charge in [-0.1, -0.05) is 62.4 Å². The summed E-state index contributed by atoms with van der Waals surface area (Å²) in [7, 11) is 0. The lowest BCUT2D eigenvalue weighted by Crippen LogP contribution is -2.61. The zero-order chi connectivity index (χ0) is 29.3. The molecule has 0 saturated heterocycles. The number of anilines is 1. The van der Waals surface area contributed by atoms with Crippen LogP contribution in [0.3, 0.4) is 0 Å². The maximum absolute atomic E-state index is 14.6. The number of likely N-dealkylation sites (N-methyl/N-ethyl adjacent to an activating group) is 1. The number of halogens is 3. The molecule has 4 aromatic carbocycles. The number of fused-ring (bicyclic) bond motifs is 6. The quantitative estimate of drug-likeness (QED) is 0.243. The molecule has 0 N–H and O–H groups in total. The van der Waals surface area contributed by atoms with Crippen molar-refractivity contribution in [3.05, 3.63) is 101 Å². The number of hydrogen-bond donors (Lipinski definition) is 0. The number of ether oxygens (including phenoxy) is 1. The van der Waals surface area contributed by atoms with E-state index in [4.69, 9.17) is 4.74 Å². The first kappa shape index (κ1) is 27.1. The Morgan fingerprint density at radius 3 is 2.31 bits per heavy atom. The van der Waals surface area contributed by atoms with Crippen LogP contribution < -0.4 is 9.64 Å². The summed E-state index contributed by atoms with van der Waals surface area (Å²) in [5.41, 5.74) is 5.95. The van der Waals surface area contributed by atoms with E-state index in [1.807, 2.05) is 42.5 Å². The molecular weight excluding hydrogens is 531 g/mol. The van der Waals surface area contributed by atoms with E-state index in [1.165, 1.54) is 29.2 Å². The van der Waals surface area contributed by atoms with Crippen molar-refractivity contribution in [1.29, 1.82) is 0 Å². The highest BCUT2D eigenvalue weighted by Gasteiger charge is 2.62. The van der Waals surface area contributed by atoms with E-state index >= 15 is 0 Å². The minimum Gasteiger partial charge on any atom is -0.463 e. The van der Waals surface area contributed by atoms with Crippen LogP contribution in [0.2, 0.25) is 0 Å². The summed E-state index contributed by atoms with van der Waals surface area (Å²) >= 11 is 0. The van der Waals surface area contributed by atoms with Crippen LogP contribution in [-0.2, 0) is 24.4 Å². The number of alkyl halides is 3. The summed E-state index contributed by atoms with van der Waals surface area (Å²) in [6, 6.07) is 20.8. The maximum Gasteiger partial charge on any atom is 0.417 e. The molecule has 2 heterocycles. The molecule has 5 heteroatoms. The lowest BCUT2D eigenvalue weighted by Gasteiger charge is -2.50. The molecule has 3 aliphatic rings. The number of rotatable bonds is 4. The molecule has 0 radical (unpaired) electrons. The first-order valence-electron chi connectivity index (χ1n) is 15.3. The summed E-state index contributed by atoms with van der Waals surface area (Å²) in [6.07, 6.45) is 5.79. The number of aryl methyl sites for hydroxylation is 1. The van der Waals surface area contributed by atoms with Crippen LogP contribution in [0.5, 0.6) is 5.75 Å². The summed E-state index contributed by atoms with van der Waals surface area (Å²) in [5.74, 6) is 0.300. The van der Waals surface area contributed by atoms with Gasteiger partial charge in [-0.15, -0.1) is 0 Å². The Kier molecular flexibility index (Phi) is 6.23. The summed E-state index contributed by atoms with van der Waals surface area (Å²) in [4.78, 5) is 2.31. The van der Waals surface area contributed by atoms with Crippen molar-refractivity contribution in [3.8, 4) is 16.9 Å².